The van der Waals surface area contributed by atoms with Gasteiger partial charge in [0.2, 0.25) is 0 Å². The topological polar surface area (TPSA) is 86.6 Å². The third-order valence-corrected chi connectivity index (χ3v) is 5.03. The highest BCUT2D eigenvalue weighted by Gasteiger charge is 2.31. The van der Waals surface area contributed by atoms with Crippen molar-refractivity contribution in [2.24, 2.45) is 5.92 Å². The molecule has 0 saturated carbocycles. The number of aliphatic hydroxyl groups excluding tert-OH is 2. The lowest BCUT2D eigenvalue weighted by atomic mass is 9.84. The van der Waals surface area contributed by atoms with Crippen molar-refractivity contribution in [3.63, 3.8) is 0 Å². The zero-order chi connectivity index (χ0) is 22.4. The minimum atomic E-state index is -4.76. The van der Waals surface area contributed by atoms with Crippen molar-refractivity contribution in [2.45, 2.75) is 32.2 Å². The third-order valence-electron chi connectivity index (χ3n) is 5.03. The number of nitrogens with zero attached hydrogens (tertiary/aromatic N) is 1. The van der Waals surface area contributed by atoms with E-state index in [4.69, 9.17) is 0 Å². The quantitative estimate of drug-likeness (QED) is 0.472. The molecular weight excluding hydrogens is 411 g/mol. The molecule has 1 fully saturated rings. The van der Waals surface area contributed by atoms with E-state index in [-0.39, 0.29) is 11.7 Å². The number of aromatic nitrogens is 1. The van der Waals surface area contributed by atoms with Gasteiger partial charge in [0.15, 0.2) is 0 Å². The molecule has 1 atom stereocenters. The largest absolute Gasteiger partial charge is 0.573 e. The van der Waals surface area contributed by atoms with Crippen molar-refractivity contribution in [3.05, 3.63) is 53.7 Å². The summed E-state index contributed by atoms with van der Waals surface area (Å²) in [6.07, 6.45) is -0.393. The minimum absolute atomic E-state index is 0.239. The van der Waals surface area contributed by atoms with Crippen LogP contribution in [0.2, 0.25) is 0 Å². The number of hydrogen-bond acceptors (Lipinski definition) is 6. The molecule has 2 heterocycles. The first kappa shape index (κ1) is 23.1. The van der Waals surface area contributed by atoms with Crippen LogP contribution in [-0.2, 0) is 0 Å². The molecule has 1 aromatic heterocycles. The highest BCUT2D eigenvalue weighted by Crippen LogP contribution is 2.37. The first-order valence-corrected chi connectivity index (χ1v) is 10.1. The number of alkyl halides is 3. The lowest BCUT2D eigenvalue weighted by Crippen LogP contribution is -2.42. The van der Waals surface area contributed by atoms with E-state index in [0.717, 1.165) is 31.5 Å². The Morgan fingerprint density at radius 2 is 2.00 bits per heavy atom. The van der Waals surface area contributed by atoms with Crippen molar-refractivity contribution >= 4 is 17.1 Å². The van der Waals surface area contributed by atoms with Crippen LogP contribution in [0.3, 0.4) is 0 Å². The van der Waals surface area contributed by atoms with E-state index >= 15 is 0 Å². The number of allylic oxidation sites excluding steroid dienone is 1. The van der Waals surface area contributed by atoms with Gasteiger partial charge in [-0.05, 0) is 47.9 Å². The fourth-order valence-electron chi connectivity index (χ4n) is 3.41. The molecule has 168 valence electrons. The van der Waals surface area contributed by atoms with Crippen LogP contribution < -0.4 is 15.4 Å². The SMILES string of the molecule is CCC/C=C(\c1c(C(O)CO)ccnc1Nc1ccc(OC(F)(F)F)cc1)C1CNC1. The van der Waals surface area contributed by atoms with Crippen molar-refractivity contribution in [2.75, 3.05) is 25.0 Å². The Hall–Kier alpha value is -2.62. The van der Waals surface area contributed by atoms with E-state index in [1.165, 1.54) is 30.5 Å². The second-order valence-corrected chi connectivity index (χ2v) is 7.32. The van der Waals surface area contributed by atoms with Crippen molar-refractivity contribution in [3.8, 4) is 5.75 Å². The molecule has 31 heavy (non-hydrogen) atoms. The molecule has 2 aromatic rings. The molecule has 1 aliphatic heterocycles. The molecule has 1 aromatic carbocycles. The average molecular weight is 437 g/mol. The monoisotopic (exact) mass is 437 g/mol. The van der Waals surface area contributed by atoms with E-state index < -0.39 is 19.1 Å². The Kier molecular flexibility index (Phi) is 7.53. The molecule has 0 spiro atoms. The first-order chi connectivity index (χ1) is 14.8. The zero-order valence-corrected chi connectivity index (χ0v) is 17.1. The van der Waals surface area contributed by atoms with Gasteiger partial charge in [-0.2, -0.15) is 0 Å². The van der Waals surface area contributed by atoms with Gasteiger partial charge in [-0.3, -0.25) is 0 Å². The zero-order valence-electron chi connectivity index (χ0n) is 17.1. The van der Waals surface area contributed by atoms with Crippen LogP contribution >= 0.6 is 0 Å². The van der Waals surface area contributed by atoms with Gasteiger partial charge in [0.1, 0.15) is 17.7 Å². The van der Waals surface area contributed by atoms with Gasteiger partial charge >= 0.3 is 6.36 Å². The van der Waals surface area contributed by atoms with E-state index in [0.29, 0.717) is 22.6 Å². The summed E-state index contributed by atoms with van der Waals surface area (Å²) in [5.41, 5.74) is 2.79. The van der Waals surface area contributed by atoms with Crippen LogP contribution in [0, 0.1) is 5.92 Å². The third kappa shape index (κ3) is 5.96. The maximum atomic E-state index is 12.4. The predicted octanol–water partition coefficient (Wildman–Crippen LogP) is 4.15. The van der Waals surface area contributed by atoms with Gasteiger partial charge in [-0.15, -0.1) is 13.2 Å². The number of benzene rings is 1. The van der Waals surface area contributed by atoms with E-state index in [9.17, 15) is 23.4 Å². The lowest BCUT2D eigenvalue weighted by molar-refractivity contribution is -0.274. The summed E-state index contributed by atoms with van der Waals surface area (Å²) in [6, 6.07) is 7.02. The maximum absolute atomic E-state index is 12.4. The molecule has 3 rings (SSSR count). The van der Waals surface area contributed by atoms with Gasteiger partial charge in [0.25, 0.3) is 0 Å². The van der Waals surface area contributed by atoms with Crippen LogP contribution in [0.25, 0.3) is 5.57 Å². The normalized spacial score (nSPS) is 16.0. The van der Waals surface area contributed by atoms with Crippen molar-refractivity contribution < 1.29 is 28.1 Å². The maximum Gasteiger partial charge on any atom is 0.573 e. The standard InChI is InChI=1S/C22H26F3N3O3/c1-2-3-4-17(14-11-26-12-14)20-18(19(30)13-29)9-10-27-21(20)28-15-5-7-16(8-6-15)31-22(23,24)25/h4-10,14,19,26,29-30H,2-3,11-13H2,1H3,(H,27,28)/b17-4-. The Morgan fingerprint density at radius 3 is 2.55 bits per heavy atom. The van der Waals surface area contributed by atoms with Crippen LogP contribution in [0.5, 0.6) is 5.75 Å². The van der Waals surface area contributed by atoms with Gasteiger partial charge in [-0.1, -0.05) is 19.4 Å². The molecule has 6 nitrogen and oxygen atoms in total. The Morgan fingerprint density at radius 1 is 1.29 bits per heavy atom. The number of unbranched alkanes of at least 4 members (excludes halogenated alkanes) is 1. The molecule has 4 N–H and O–H groups in total. The second kappa shape index (κ2) is 10.1. The molecule has 0 radical (unpaired) electrons. The van der Waals surface area contributed by atoms with Gasteiger partial charge in [-0.25, -0.2) is 4.98 Å². The smallest absolute Gasteiger partial charge is 0.406 e. The van der Waals surface area contributed by atoms with Crippen LogP contribution in [0.1, 0.15) is 37.0 Å². The minimum Gasteiger partial charge on any atom is -0.406 e. The van der Waals surface area contributed by atoms with E-state index in [1.54, 1.807) is 6.07 Å². The van der Waals surface area contributed by atoms with E-state index in [1.807, 2.05) is 0 Å². The Balaban J connectivity index is 1.98. The number of hydrogen-bond donors (Lipinski definition) is 4. The number of ether oxygens (including phenoxy) is 1. The number of nitrogens with one attached hydrogen (secondary N) is 2. The molecule has 1 saturated heterocycles. The van der Waals surface area contributed by atoms with Gasteiger partial charge in [0.05, 0.1) is 6.61 Å². The summed E-state index contributed by atoms with van der Waals surface area (Å²) in [4.78, 5) is 4.43. The van der Waals surface area contributed by atoms with Gasteiger partial charge in [0, 0.05) is 36.5 Å². The summed E-state index contributed by atoms with van der Waals surface area (Å²) < 4.78 is 41.1. The highest BCUT2D eigenvalue weighted by molar-refractivity contribution is 5.81. The molecule has 9 heteroatoms. The summed E-state index contributed by atoms with van der Waals surface area (Å²) in [6.45, 7) is 3.22. The molecule has 0 bridgehead atoms. The molecule has 0 aliphatic carbocycles. The number of anilines is 2. The Labute approximate surface area is 178 Å². The van der Waals surface area contributed by atoms with Crippen molar-refractivity contribution in [1.82, 2.24) is 10.3 Å². The van der Waals surface area contributed by atoms with Crippen molar-refractivity contribution in [1.29, 1.82) is 0 Å². The molecule has 1 unspecified atom stereocenters. The van der Waals surface area contributed by atoms with E-state index in [2.05, 4.69) is 33.4 Å². The molecular formula is C22H26F3N3O3. The fraction of sp³-hybridized carbons (Fsp3) is 0.409. The summed E-state index contributed by atoms with van der Waals surface area (Å²) in [5, 5.41) is 26.4. The van der Waals surface area contributed by atoms with Crippen LogP contribution in [0.4, 0.5) is 24.7 Å². The van der Waals surface area contributed by atoms with Crippen LogP contribution in [0.15, 0.2) is 42.6 Å². The fourth-order valence-corrected chi connectivity index (χ4v) is 3.41. The van der Waals surface area contributed by atoms with Gasteiger partial charge < -0.3 is 25.6 Å². The summed E-state index contributed by atoms with van der Waals surface area (Å²) in [7, 11) is 0. The van der Waals surface area contributed by atoms with Crippen LogP contribution in [-0.4, -0.2) is 41.3 Å². The molecule has 0 amide bonds. The average Bonchev–Trinajstić information content (AvgIpc) is 2.69. The predicted molar refractivity (Wildman–Crippen MR) is 112 cm³/mol. The number of aliphatic hydroxyl groups is 2. The highest BCUT2D eigenvalue weighted by atomic mass is 19.4. The summed E-state index contributed by atoms with van der Waals surface area (Å²) in [5.74, 6) is 0.381. The lowest BCUT2D eigenvalue weighted by Gasteiger charge is -2.32. The number of pyridine rings is 1. The molecule has 1 aliphatic rings. The Bertz CT molecular complexity index is 897. The number of halogens is 3. The summed E-state index contributed by atoms with van der Waals surface area (Å²) >= 11 is 0. The number of rotatable bonds is 9. The second-order valence-electron chi connectivity index (χ2n) is 7.32. The first-order valence-electron chi connectivity index (χ1n) is 10.1.